The van der Waals surface area contributed by atoms with Gasteiger partial charge in [-0.05, 0) is 67.9 Å². The largest absolute Gasteiger partial charge is 0.494 e. The van der Waals surface area contributed by atoms with Gasteiger partial charge in [0.2, 0.25) is 0 Å². The van der Waals surface area contributed by atoms with E-state index in [1.165, 1.54) is 36.1 Å². The third-order valence-electron chi connectivity index (χ3n) is 5.88. The Labute approximate surface area is 196 Å². The molecule has 0 saturated heterocycles. The number of ether oxygens (including phenoxy) is 1. The topological polar surface area (TPSA) is 84.3 Å². The molecule has 0 radical (unpaired) electrons. The molecular formula is C25H28FN3O3S. The Hall–Kier alpha value is -3.00. The Kier molecular flexibility index (Phi) is 7.54. The van der Waals surface area contributed by atoms with Crippen LogP contribution in [0.1, 0.15) is 58.3 Å². The minimum atomic E-state index is -0.944. The number of thiazole rings is 1. The van der Waals surface area contributed by atoms with Crippen molar-refractivity contribution < 1.29 is 19.0 Å². The number of nitrogens with zero attached hydrogens (tertiary/aromatic N) is 2. The minimum absolute atomic E-state index is 0.136. The summed E-state index contributed by atoms with van der Waals surface area (Å²) in [6, 6.07) is 8.88. The first-order chi connectivity index (χ1) is 16.0. The predicted molar refractivity (Wildman–Crippen MR) is 127 cm³/mol. The average Bonchev–Trinajstić information content (AvgIpc) is 3.28. The molecule has 8 heteroatoms. The number of fused-ring (bicyclic) bond motifs is 1. The van der Waals surface area contributed by atoms with Gasteiger partial charge in [-0.1, -0.05) is 12.1 Å². The standard InChI is InChI=1S/C25H28FN3O3S/c1-32-22-11-9-17(13-21(22)26)20(14-23(30)31)25-28-15-19(33-25)7-3-2-6-18-10-8-16-5-4-12-27-24(16)29-18/h8-11,13,15,20H,2-7,12,14H2,1H3,(H,27,29)(H,30,31)/t20-/m1/s1. The molecule has 3 heterocycles. The first-order valence-corrected chi connectivity index (χ1v) is 12.1. The normalized spacial score (nSPS) is 13.8. The van der Waals surface area contributed by atoms with Gasteiger partial charge in [0.15, 0.2) is 11.6 Å². The lowest BCUT2D eigenvalue weighted by molar-refractivity contribution is -0.137. The van der Waals surface area contributed by atoms with Gasteiger partial charge >= 0.3 is 5.97 Å². The van der Waals surface area contributed by atoms with Crippen molar-refractivity contribution in [1.29, 1.82) is 0 Å². The molecule has 0 saturated carbocycles. The van der Waals surface area contributed by atoms with Crippen molar-refractivity contribution >= 4 is 23.1 Å². The number of carboxylic acids is 1. The molecule has 0 fully saturated rings. The molecule has 1 aliphatic heterocycles. The lowest BCUT2D eigenvalue weighted by Crippen LogP contribution is -2.14. The molecule has 1 aliphatic rings. The summed E-state index contributed by atoms with van der Waals surface area (Å²) >= 11 is 1.50. The molecule has 0 bridgehead atoms. The highest BCUT2D eigenvalue weighted by Gasteiger charge is 2.22. The number of unbranched alkanes of at least 4 members (excludes halogenated alkanes) is 1. The number of halogens is 1. The first kappa shape index (κ1) is 23.2. The Bertz CT molecular complexity index is 1120. The van der Waals surface area contributed by atoms with Gasteiger partial charge in [-0.2, -0.15) is 0 Å². The van der Waals surface area contributed by atoms with E-state index in [9.17, 15) is 14.3 Å². The Morgan fingerprint density at radius 2 is 2.12 bits per heavy atom. The molecule has 4 rings (SSSR count). The number of hydrogen-bond acceptors (Lipinski definition) is 6. The summed E-state index contributed by atoms with van der Waals surface area (Å²) in [5.41, 5.74) is 3.00. The van der Waals surface area contributed by atoms with E-state index >= 15 is 0 Å². The van der Waals surface area contributed by atoms with E-state index in [0.717, 1.165) is 61.5 Å². The van der Waals surface area contributed by atoms with Crippen molar-refractivity contribution in [3.05, 3.63) is 69.1 Å². The van der Waals surface area contributed by atoms with Crippen LogP contribution in [0.2, 0.25) is 0 Å². The molecule has 3 aromatic rings. The summed E-state index contributed by atoms with van der Waals surface area (Å²) in [5, 5.41) is 13.5. The number of methoxy groups -OCH3 is 1. The van der Waals surface area contributed by atoms with Crippen molar-refractivity contribution in [2.24, 2.45) is 0 Å². The number of aromatic nitrogens is 2. The molecule has 0 amide bonds. The van der Waals surface area contributed by atoms with E-state index in [4.69, 9.17) is 9.72 Å². The summed E-state index contributed by atoms with van der Waals surface area (Å²) in [6.45, 7) is 0.989. The van der Waals surface area contributed by atoms with Gasteiger partial charge in [0.1, 0.15) is 10.8 Å². The van der Waals surface area contributed by atoms with E-state index in [1.54, 1.807) is 6.07 Å². The van der Waals surface area contributed by atoms with Crippen LogP contribution in [-0.2, 0) is 24.1 Å². The van der Waals surface area contributed by atoms with Crippen LogP contribution in [0.25, 0.3) is 0 Å². The number of nitrogens with one attached hydrogen (secondary N) is 1. The zero-order valence-corrected chi connectivity index (χ0v) is 19.5. The smallest absolute Gasteiger partial charge is 0.304 e. The van der Waals surface area contributed by atoms with E-state index in [0.29, 0.717) is 10.6 Å². The number of aliphatic carboxylic acids is 1. The predicted octanol–water partition coefficient (Wildman–Crippen LogP) is 5.22. The minimum Gasteiger partial charge on any atom is -0.494 e. The molecule has 2 N–H and O–H groups in total. The van der Waals surface area contributed by atoms with E-state index in [2.05, 4.69) is 22.4 Å². The Balaban J connectivity index is 1.36. The molecule has 0 aliphatic carbocycles. The SMILES string of the molecule is COc1ccc([C@@H](CC(=O)O)c2ncc(CCCCc3ccc4c(n3)NCCC4)s2)cc1F. The quantitative estimate of drug-likeness (QED) is 0.396. The number of benzene rings is 1. The summed E-state index contributed by atoms with van der Waals surface area (Å²) in [5.74, 6) is -0.774. The first-order valence-electron chi connectivity index (χ1n) is 11.3. The van der Waals surface area contributed by atoms with Crippen molar-refractivity contribution in [3.8, 4) is 5.75 Å². The average molecular weight is 470 g/mol. The Morgan fingerprint density at radius 3 is 2.91 bits per heavy atom. The second-order valence-corrected chi connectivity index (χ2v) is 9.40. The highest BCUT2D eigenvalue weighted by Crippen LogP contribution is 2.33. The molecule has 2 aromatic heterocycles. The van der Waals surface area contributed by atoms with Gasteiger partial charge in [-0.3, -0.25) is 4.79 Å². The summed E-state index contributed by atoms with van der Waals surface area (Å²) in [6.07, 6.45) is 7.73. The third kappa shape index (κ3) is 5.87. The van der Waals surface area contributed by atoms with Gasteiger partial charge in [0.25, 0.3) is 0 Å². The van der Waals surface area contributed by atoms with Gasteiger partial charge in [0.05, 0.1) is 13.5 Å². The molecule has 1 atom stereocenters. The number of aryl methyl sites for hydroxylation is 3. The lowest BCUT2D eigenvalue weighted by Gasteiger charge is -2.17. The highest BCUT2D eigenvalue weighted by molar-refractivity contribution is 7.11. The molecule has 0 unspecified atom stereocenters. The van der Waals surface area contributed by atoms with E-state index < -0.39 is 17.7 Å². The second-order valence-electron chi connectivity index (χ2n) is 8.26. The van der Waals surface area contributed by atoms with Crippen LogP contribution in [-0.4, -0.2) is 34.7 Å². The second kappa shape index (κ2) is 10.7. The maximum Gasteiger partial charge on any atom is 0.304 e. The molecule has 6 nitrogen and oxygen atoms in total. The van der Waals surface area contributed by atoms with Crippen molar-refractivity contribution in [3.63, 3.8) is 0 Å². The van der Waals surface area contributed by atoms with Gasteiger partial charge in [-0.25, -0.2) is 14.4 Å². The number of anilines is 1. The fourth-order valence-electron chi connectivity index (χ4n) is 4.13. The Morgan fingerprint density at radius 1 is 1.27 bits per heavy atom. The summed E-state index contributed by atoms with van der Waals surface area (Å²) < 4.78 is 19.2. The molecular weight excluding hydrogens is 441 g/mol. The van der Waals surface area contributed by atoms with Gasteiger partial charge < -0.3 is 15.2 Å². The number of carboxylic acid groups (broad SMARTS) is 1. The zero-order valence-electron chi connectivity index (χ0n) is 18.6. The van der Waals surface area contributed by atoms with E-state index in [-0.39, 0.29) is 12.2 Å². The molecule has 174 valence electrons. The van der Waals surface area contributed by atoms with Gasteiger partial charge in [0, 0.05) is 29.2 Å². The van der Waals surface area contributed by atoms with Crippen LogP contribution in [0.15, 0.2) is 36.5 Å². The summed E-state index contributed by atoms with van der Waals surface area (Å²) in [7, 11) is 1.40. The monoisotopic (exact) mass is 469 g/mol. The van der Waals surface area contributed by atoms with Crippen LogP contribution in [0, 0.1) is 5.82 Å². The number of rotatable bonds is 10. The van der Waals surface area contributed by atoms with Gasteiger partial charge in [-0.15, -0.1) is 11.3 Å². The number of carbonyl (C=O) groups is 1. The van der Waals surface area contributed by atoms with Crippen molar-refractivity contribution in [1.82, 2.24) is 9.97 Å². The zero-order chi connectivity index (χ0) is 23.2. The maximum atomic E-state index is 14.2. The molecule has 1 aromatic carbocycles. The van der Waals surface area contributed by atoms with Crippen LogP contribution in [0.5, 0.6) is 5.75 Å². The summed E-state index contributed by atoms with van der Waals surface area (Å²) in [4.78, 5) is 21.8. The number of hydrogen-bond donors (Lipinski definition) is 2. The van der Waals surface area contributed by atoms with Crippen molar-refractivity contribution in [2.45, 2.75) is 50.9 Å². The van der Waals surface area contributed by atoms with Crippen LogP contribution in [0.3, 0.4) is 0 Å². The fourth-order valence-corrected chi connectivity index (χ4v) is 5.22. The van der Waals surface area contributed by atoms with Crippen LogP contribution < -0.4 is 10.1 Å². The fraction of sp³-hybridized carbons (Fsp3) is 0.400. The lowest BCUT2D eigenvalue weighted by atomic mass is 9.96. The molecule has 33 heavy (non-hydrogen) atoms. The van der Waals surface area contributed by atoms with Crippen LogP contribution >= 0.6 is 11.3 Å². The van der Waals surface area contributed by atoms with Crippen LogP contribution in [0.4, 0.5) is 10.2 Å². The van der Waals surface area contributed by atoms with Crippen molar-refractivity contribution in [2.75, 3.05) is 19.0 Å². The molecule has 0 spiro atoms. The number of pyridine rings is 1. The van der Waals surface area contributed by atoms with E-state index in [1.807, 2.05) is 6.20 Å². The highest BCUT2D eigenvalue weighted by atomic mass is 32.1. The maximum absolute atomic E-state index is 14.2. The third-order valence-corrected chi connectivity index (χ3v) is 7.06.